The van der Waals surface area contributed by atoms with E-state index in [0.29, 0.717) is 12.4 Å². The summed E-state index contributed by atoms with van der Waals surface area (Å²) < 4.78 is 5.78. The van der Waals surface area contributed by atoms with Crippen molar-refractivity contribution in [3.05, 3.63) is 17.8 Å². The minimum atomic E-state index is -0.0441. The van der Waals surface area contributed by atoms with Crippen LogP contribution < -0.4 is 10.6 Å². The van der Waals surface area contributed by atoms with Gasteiger partial charge in [-0.1, -0.05) is 20.8 Å². The maximum atomic E-state index is 11.4. The highest BCUT2D eigenvalue weighted by atomic mass is 16.4. The second kappa shape index (κ2) is 9.02. The van der Waals surface area contributed by atoms with E-state index in [1.54, 1.807) is 20.2 Å². The number of carbonyl (C=O) groups excluding carboxylic acids is 1. The molecule has 0 aliphatic carbocycles. The number of oxazole rings is 1. The van der Waals surface area contributed by atoms with E-state index in [9.17, 15) is 4.79 Å². The lowest BCUT2D eigenvalue weighted by Crippen LogP contribution is -2.50. The summed E-state index contributed by atoms with van der Waals surface area (Å²) in [6.45, 7) is 13.6. The topological polar surface area (TPSA) is 86.0 Å². The van der Waals surface area contributed by atoms with Crippen LogP contribution >= 0.6 is 0 Å². The van der Waals surface area contributed by atoms with Crippen LogP contribution in [0.5, 0.6) is 0 Å². The fourth-order valence-electron chi connectivity index (χ4n) is 2.74. The van der Waals surface area contributed by atoms with Crippen LogP contribution in [-0.4, -0.2) is 73.0 Å². The highest BCUT2D eigenvalue weighted by Gasteiger charge is 2.19. The fourth-order valence-corrected chi connectivity index (χ4v) is 2.74. The molecule has 26 heavy (non-hydrogen) atoms. The van der Waals surface area contributed by atoms with Crippen molar-refractivity contribution in [2.75, 3.05) is 46.3 Å². The Labute approximate surface area is 156 Å². The molecule has 0 atom stereocenters. The molecule has 1 amide bonds. The highest BCUT2D eigenvalue weighted by Crippen LogP contribution is 2.22. The van der Waals surface area contributed by atoms with Gasteiger partial charge in [0.05, 0.1) is 12.7 Å². The number of rotatable bonds is 5. The molecule has 8 nitrogen and oxygen atoms in total. The number of guanidine groups is 1. The third kappa shape index (κ3) is 6.01. The van der Waals surface area contributed by atoms with E-state index in [0.717, 1.165) is 51.0 Å². The second-order valence-corrected chi connectivity index (χ2v) is 7.57. The van der Waals surface area contributed by atoms with Gasteiger partial charge in [0.25, 0.3) is 0 Å². The van der Waals surface area contributed by atoms with Crippen LogP contribution in [0.3, 0.4) is 0 Å². The standard InChI is InChI=1S/C18H32N6O2/c1-14(25)24-10-8-23(9-11-24)7-6-20-17(19-5)22-13-16-21-12-15(26-16)18(2,3)4/h12H,6-11,13H2,1-5H3,(H2,19,20,22). The molecule has 2 rings (SSSR count). The van der Waals surface area contributed by atoms with Gasteiger partial charge >= 0.3 is 0 Å². The Bertz CT molecular complexity index is 611. The molecule has 0 unspecified atom stereocenters. The fraction of sp³-hybridized carbons (Fsp3) is 0.722. The lowest BCUT2D eigenvalue weighted by molar-refractivity contribution is -0.130. The smallest absolute Gasteiger partial charge is 0.219 e. The monoisotopic (exact) mass is 364 g/mol. The number of nitrogens with one attached hydrogen (secondary N) is 2. The SMILES string of the molecule is CN=C(NCCN1CCN(C(C)=O)CC1)NCc1ncc(C(C)(C)C)o1. The van der Waals surface area contributed by atoms with Crippen LogP contribution in [0.4, 0.5) is 0 Å². The molecular formula is C18H32N6O2. The van der Waals surface area contributed by atoms with Crippen LogP contribution in [-0.2, 0) is 16.8 Å². The number of amides is 1. The Morgan fingerprint density at radius 3 is 2.50 bits per heavy atom. The zero-order chi connectivity index (χ0) is 19.2. The van der Waals surface area contributed by atoms with Crippen molar-refractivity contribution in [2.45, 2.75) is 39.7 Å². The van der Waals surface area contributed by atoms with E-state index < -0.39 is 0 Å². The van der Waals surface area contributed by atoms with Crippen molar-refractivity contribution >= 4 is 11.9 Å². The van der Waals surface area contributed by atoms with Gasteiger partial charge in [0, 0.05) is 58.7 Å². The Morgan fingerprint density at radius 1 is 1.27 bits per heavy atom. The van der Waals surface area contributed by atoms with Crippen LogP contribution in [0.15, 0.2) is 15.6 Å². The second-order valence-electron chi connectivity index (χ2n) is 7.57. The van der Waals surface area contributed by atoms with Crippen molar-refractivity contribution in [3.8, 4) is 0 Å². The van der Waals surface area contributed by atoms with E-state index in [2.05, 4.69) is 46.3 Å². The summed E-state index contributed by atoms with van der Waals surface area (Å²) in [7, 11) is 1.75. The molecule has 0 aromatic carbocycles. The quantitative estimate of drug-likeness (QED) is 0.594. The number of aromatic nitrogens is 1. The molecule has 146 valence electrons. The molecular weight excluding hydrogens is 332 g/mol. The summed E-state index contributed by atoms with van der Waals surface area (Å²) in [5, 5.41) is 6.53. The van der Waals surface area contributed by atoms with E-state index >= 15 is 0 Å². The zero-order valence-corrected chi connectivity index (χ0v) is 16.6. The maximum Gasteiger partial charge on any atom is 0.219 e. The Morgan fingerprint density at radius 2 is 1.96 bits per heavy atom. The Hall–Kier alpha value is -2.09. The van der Waals surface area contributed by atoms with Gasteiger partial charge in [-0.3, -0.25) is 14.7 Å². The number of hydrogen-bond donors (Lipinski definition) is 2. The highest BCUT2D eigenvalue weighted by molar-refractivity contribution is 5.79. The number of nitrogens with zero attached hydrogens (tertiary/aromatic N) is 4. The van der Waals surface area contributed by atoms with Gasteiger partial charge in [-0.05, 0) is 0 Å². The molecule has 1 aromatic heterocycles. The number of hydrogen-bond acceptors (Lipinski definition) is 5. The van der Waals surface area contributed by atoms with Gasteiger partial charge in [-0.15, -0.1) is 0 Å². The van der Waals surface area contributed by atoms with Gasteiger partial charge in [0.15, 0.2) is 5.96 Å². The molecule has 1 fully saturated rings. The largest absolute Gasteiger partial charge is 0.443 e. The lowest BCUT2D eigenvalue weighted by Gasteiger charge is -2.34. The van der Waals surface area contributed by atoms with E-state index in [1.165, 1.54) is 0 Å². The predicted molar refractivity (Wildman–Crippen MR) is 102 cm³/mol. The molecule has 1 aromatic rings. The van der Waals surface area contributed by atoms with Gasteiger partial charge in [-0.25, -0.2) is 4.98 Å². The van der Waals surface area contributed by atoms with Crippen LogP contribution in [0, 0.1) is 0 Å². The van der Waals surface area contributed by atoms with Crippen molar-refractivity contribution < 1.29 is 9.21 Å². The van der Waals surface area contributed by atoms with Gasteiger partial charge < -0.3 is 20.0 Å². The van der Waals surface area contributed by atoms with E-state index in [1.807, 2.05) is 4.90 Å². The third-order valence-electron chi connectivity index (χ3n) is 4.46. The van der Waals surface area contributed by atoms with Crippen molar-refractivity contribution in [3.63, 3.8) is 0 Å². The molecule has 2 N–H and O–H groups in total. The molecule has 1 aliphatic rings. The molecule has 0 spiro atoms. The average molecular weight is 364 g/mol. The maximum absolute atomic E-state index is 11.4. The molecule has 1 aliphatic heterocycles. The van der Waals surface area contributed by atoms with Gasteiger partial charge in [-0.2, -0.15) is 0 Å². The van der Waals surface area contributed by atoms with Gasteiger partial charge in [0.1, 0.15) is 5.76 Å². The first kappa shape index (κ1) is 20.2. The summed E-state index contributed by atoms with van der Waals surface area (Å²) in [4.78, 5) is 24.1. The molecule has 2 heterocycles. The summed E-state index contributed by atoms with van der Waals surface area (Å²) in [6.07, 6.45) is 1.79. The first-order chi connectivity index (χ1) is 12.3. The Balaban J connectivity index is 1.68. The number of piperazine rings is 1. The first-order valence-electron chi connectivity index (χ1n) is 9.17. The van der Waals surface area contributed by atoms with Crippen molar-refractivity contribution in [2.24, 2.45) is 4.99 Å². The van der Waals surface area contributed by atoms with E-state index in [-0.39, 0.29) is 11.3 Å². The lowest BCUT2D eigenvalue weighted by atomic mass is 9.94. The molecule has 0 saturated carbocycles. The minimum Gasteiger partial charge on any atom is -0.443 e. The summed E-state index contributed by atoms with van der Waals surface area (Å²) in [6, 6.07) is 0. The minimum absolute atomic E-state index is 0.0441. The normalized spacial score (nSPS) is 16.7. The van der Waals surface area contributed by atoms with Crippen LogP contribution in [0.2, 0.25) is 0 Å². The predicted octanol–water partition coefficient (Wildman–Crippen LogP) is 0.801. The Kier molecular flexibility index (Phi) is 7.02. The molecule has 8 heteroatoms. The number of aliphatic imine (C=N–C) groups is 1. The van der Waals surface area contributed by atoms with E-state index in [4.69, 9.17) is 4.42 Å². The molecule has 0 radical (unpaired) electrons. The van der Waals surface area contributed by atoms with Crippen molar-refractivity contribution in [1.29, 1.82) is 0 Å². The molecule has 0 bridgehead atoms. The van der Waals surface area contributed by atoms with Crippen LogP contribution in [0.1, 0.15) is 39.3 Å². The molecule has 1 saturated heterocycles. The van der Waals surface area contributed by atoms with Crippen LogP contribution in [0.25, 0.3) is 0 Å². The summed E-state index contributed by atoms with van der Waals surface area (Å²) in [5.41, 5.74) is -0.0441. The number of carbonyl (C=O) groups is 1. The first-order valence-corrected chi connectivity index (χ1v) is 9.17. The average Bonchev–Trinajstić information content (AvgIpc) is 3.07. The van der Waals surface area contributed by atoms with Gasteiger partial charge in [0.2, 0.25) is 11.8 Å². The zero-order valence-electron chi connectivity index (χ0n) is 16.6. The summed E-state index contributed by atoms with van der Waals surface area (Å²) in [5.74, 6) is 2.41. The summed E-state index contributed by atoms with van der Waals surface area (Å²) >= 11 is 0. The van der Waals surface area contributed by atoms with Crippen molar-refractivity contribution in [1.82, 2.24) is 25.4 Å². The third-order valence-corrected chi connectivity index (χ3v) is 4.46.